The molecule has 3 rings (SSSR count). The fourth-order valence-electron chi connectivity index (χ4n) is 2.74. The van der Waals surface area contributed by atoms with Gasteiger partial charge in [-0.3, -0.25) is 9.59 Å². The number of nitrogens with zero attached hydrogens (tertiary/aromatic N) is 1. The molecule has 1 aromatic carbocycles. The van der Waals surface area contributed by atoms with Crippen molar-refractivity contribution in [3.63, 3.8) is 0 Å². The highest BCUT2D eigenvalue weighted by Gasteiger charge is 2.18. The third-order valence-electron chi connectivity index (χ3n) is 4.14. The van der Waals surface area contributed by atoms with E-state index in [0.29, 0.717) is 47.7 Å². The van der Waals surface area contributed by atoms with Crippen molar-refractivity contribution in [2.75, 3.05) is 19.8 Å². The first-order chi connectivity index (χ1) is 12.6. The molecule has 2 heterocycles. The molecule has 0 N–H and O–H groups in total. The van der Waals surface area contributed by atoms with Gasteiger partial charge in [0.2, 0.25) is 5.91 Å². The molecule has 5 nitrogen and oxygen atoms in total. The molecule has 0 fully saturated rings. The van der Waals surface area contributed by atoms with Crippen molar-refractivity contribution in [2.24, 2.45) is 0 Å². The Morgan fingerprint density at radius 1 is 1.12 bits per heavy atom. The van der Waals surface area contributed by atoms with Gasteiger partial charge in [-0.15, -0.1) is 11.3 Å². The van der Waals surface area contributed by atoms with E-state index in [0.717, 1.165) is 4.88 Å². The summed E-state index contributed by atoms with van der Waals surface area (Å²) >= 11 is 7.40. The normalized spacial score (nSPS) is 12.7. The number of hydrogen-bond acceptors (Lipinski definition) is 5. The van der Waals surface area contributed by atoms with E-state index in [1.807, 2.05) is 19.1 Å². The number of benzene rings is 1. The minimum Gasteiger partial charge on any atom is -0.486 e. The smallest absolute Gasteiger partial charge is 0.223 e. The topological polar surface area (TPSA) is 55.8 Å². The Hall–Kier alpha value is -2.05. The van der Waals surface area contributed by atoms with Crippen LogP contribution in [-0.2, 0) is 11.3 Å². The van der Waals surface area contributed by atoms with Crippen molar-refractivity contribution in [1.82, 2.24) is 4.90 Å². The molecule has 0 saturated carbocycles. The second kappa shape index (κ2) is 8.56. The highest BCUT2D eigenvalue weighted by atomic mass is 35.5. The Bertz CT molecular complexity index is 805. The van der Waals surface area contributed by atoms with Crippen LogP contribution in [0, 0.1) is 0 Å². The molecule has 1 amide bonds. The van der Waals surface area contributed by atoms with E-state index < -0.39 is 0 Å². The Morgan fingerprint density at radius 3 is 2.58 bits per heavy atom. The van der Waals surface area contributed by atoms with Gasteiger partial charge in [0.1, 0.15) is 13.2 Å². The largest absolute Gasteiger partial charge is 0.486 e. The zero-order valence-corrected chi connectivity index (χ0v) is 16.1. The van der Waals surface area contributed by atoms with E-state index >= 15 is 0 Å². The number of thiophene rings is 1. The van der Waals surface area contributed by atoms with E-state index in [1.165, 1.54) is 11.3 Å². The molecular weight excluding hydrogens is 374 g/mol. The molecule has 1 aromatic heterocycles. The zero-order valence-electron chi connectivity index (χ0n) is 14.5. The fraction of sp³-hybridized carbons (Fsp3) is 0.368. The van der Waals surface area contributed by atoms with Gasteiger partial charge in [0.15, 0.2) is 17.3 Å². The number of amides is 1. The van der Waals surface area contributed by atoms with Crippen LogP contribution in [0.4, 0.5) is 0 Å². The molecule has 2 aromatic rings. The molecule has 0 spiro atoms. The number of carbonyl (C=O) groups is 2. The molecule has 0 atom stereocenters. The van der Waals surface area contributed by atoms with E-state index in [2.05, 4.69) is 0 Å². The summed E-state index contributed by atoms with van der Waals surface area (Å²) in [4.78, 5) is 27.6. The molecule has 0 aliphatic carbocycles. The van der Waals surface area contributed by atoms with Gasteiger partial charge in [-0.2, -0.15) is 0 Å². The summed E-state index contributed by atoms with van der Waals surface area (Å²) in [7, 11) is 0. The van der Waals surface area contributed by atoms with Crippen LogP contribution in [0.2, 0.25) is 4.34 Å². The molecule has 0 saturated heterocycles. The Balaban J connectivity index is 1.56. The summed E-state index contributed by atoms with van der Waals surface area (Å²) in [6.07, 6.45) is 0.348. The third-order valence-corrected chi connectivity index (χ3v) is 5.36. The first-order valence-electron chi connectivity index (χ1n) is 8.51. The van der Waals surface area contributed by atoms with E-state index in [-0.39, 0.29) is 24.5 Å². The van der Waals surface area contributed by atoms with Gasteiger partial charge in [-0.25, -0.2) is 0 Å². The number of rotatable bonds is 7. The minimum absolute atomic E-state index is 0.0390. The van der Waals surface area contributed by atoms with Crippen LogP contribution >= 0.6 is 22.9 Å². The number of fused-ring (bicyclic) bond motifs is 1. The summed E-state index contributed by atoms with van der Waals surface area (Å²) in [5, 5.41) is 0. The highest BCUT2D eigenvalue weighted by Crippen LogP contribution is 2.31. The molecule has 1 aliphatic rings. The molecular formula is C19H20ClNO4S. The van der Waals surface area contributed by atoms with Crippen LogP contribution < -0.4 is 9.47 Å². The first kappa shape index (κ1) is 18.7. The lowest BCUT2D eigenvalue weighted by atomic mass is 10.1. The zero-order chi connectivity index (χ0) is 18.5. The van der Waals surface area contributed by atoms with Crippen LogP contribution in [0.25, 0.3) is 0 Å². The average Bonchev–Trinajstić information content (AvgIpc) is 3.08. The second-order valence-corrected chi connectivity index (χ2v) is 7.69. The van der Waals surface area contributed by atoms with Crippen molar-refractivity contribution in [1.29, 1.82) is 0 Å². The maximum absolute atomic E-state index is 12.5. The average molecular weight is 394 g/mol. The molecule has 0 bridgehead atoms. The van der Waals surface area contributed by atoms with Crippen molar-refractivity contribution in [3.8, 4) is 11.5 Å². The van der Waals surface area contributed by atoms with E-state index in [9.17, 15) is 9.59 Å². The van der Waals surface area contributed by atoms with Crippen molar-refractivity contribution >= 4 is 34.6 Å². The predicted molar refractivity (Wildman–Crippen MR) is 101 cm³/mol. The number of ketones is 1. The van der Waals surface area contributed by atoms with Gasteiger partial charge in [-0.05, 0) is 37.3 Å². The monoisotopic (exact) mass is 393 g/mol. The van der Waals surface area contributed by atoms with Crippen molar-refractivity contribution in [2.45, 2.75) is 26.3 Å². The standard InChI is InChI=1S/C19H20ClNO4S/c1-2-21(12-14-4-7-18(20)26-14)19(23)8-5-15(22)13-3-6-16-17(11-13)25-10-9-24-16/h3-4,6-7,11H,2,5,8-10,12H2,1H3. The summed E-state index contributed by atoms with van der Waals surface area (Å²) in [5.74, 6) is 1.11. The summed E-state index contributed by atoms with van der Waals surface area (Å²) in [6, 6.07) is 8.88. The Kier molecular flexibility index (Phi) is 6.16. The van der Waals surface area contributed by atoms with E-state index in [4.69, 9.17) is 21.1 Å². The lowest BCUT2D eigenvalue weighted by Gasteiger charge is -2.20. The van der Waals surface area contributed by atoms with Gasteiger partial charge in [0.25, 0.3) is 0 Å². The molecule has 1 aliphatic heterocycles. The van der Waals surface area contributed by atoms with Gasteiger partial charge >= 0.3 is 0 Å². The molecule has 7 heteroatoms. The Labute approximate surface area is 161 Å². The fourth-order valence-corrected chi connectivity index (χ4v) is 3.84. The second-order valence-electron chi connectivity index (χ2n) is 5.90. The number of ether oxygens (including phenoxy) is 2. The first-order valence-corrected chi connectivity index (χ1v) is 9.71. The molecule has 0 radical (unpaired) electrons. The lowest BCUT2D eigenvalue weighted by molar-refractivity contribution is -0.131. The van der Waals surface area contributed by atoms with Gasteiger partial charge < -0.3 is 14.4 Å². The number of carbonyl (C=O) groups excluding carboxylic acids is 2. The van der Waals surface area contributed by atoms with E-state index in [1.54, 1.807) is 23.1 Å². The maximum atomic E-state index is 12.5. The third kappa shape index (κ3) is 4.56. The molecule has 138 valence electrons. The van der Waals surface area contributed by atoms with Crippen LogP contribution in [0.3, 0.4) is 0 Å². The summed E-state index contributed by atoms with van der Waals surface area (Å²) < 4.78 is 11.7. The van der Waals surface area contributed by atoms with Crippen LogP contribution in [-0.4, -0.2) is 36.3 Å². The number of Topliss-reactive ketones (excluding diaryl/α,β-unsaturated/α-hetero) is 1. The van der Waals surface area contributed by atoms with Crippen LogP contribution in [0.15, 0.2) is 30.3 Å². The summed E-state index contributed by atoms with van der Waals surface area (Å²) in [6.45, 7) is 4.02. The lowest BCUT2D eigenvalue weighted by Crippen LogP contribution is -2.30. The quantitative estimate of drug-likeness (QED) is 0.662. The number of halogens is 1. The predicted octanol–water partition coefficient (Wildman–Crippen LogP) is 4.18. The molecule has 26 heavy (non-hydrogen) atoms. The Morgan fingerprint density at radius 2 is 1.88 bits per heavy atom. The van der Waals surface area contributed by atoms with Crippen LogP contribution in [0.1, 0.15) is 35.0 Å². The highest BCUT2D eigenvalue weighted by molar-refractivity contribution is 7.16. The maximum Gasteiger partial charge on any atom is 0.223 e. The minimum atomic E-state index is -0.0782. The van der Waals surface area contributed by atoms with Gasteiger partial charge in [0.05, 0.1) is 10.9 Å². The van der Waals surface area contributed by atoms with Crippen molar-refractivity contribution in [3.05, 3.63) is 45.1 Å². The summed E-state index contributed by atoms with van der Waals surface area (Å²) in [5.41, 5.74) is 0.537. The SMILES string of the molecule is CCN(Cc1ccc(Cl)s1)C(=O)CCC(=O)c1ccc2c(c1)OCCO2. The van der Waals surface area contributed by atoms with Crippen LogP contribution in [0.5, 0.6) is 11.5 Å². The number of hydrogen-bond donors (Lipinski definition) is 0. The molecule has 0 unspecified atom stereocenters. The van der Waals surface area contributed by atoms with Gasteiger partial charge in [-0.1, -0.05) is 11.6 Å². The van der Waals surface area contributed by atoms with Crippen molar-refractivity contribution < 1.29 is 19.1 Å². The van der Waals surface area contributed by atoms with Gasteiger partial charge in [0, 0.05) is 29.8 Å².